The van der Waals surface area contributed by atoms with Gasteiger partial charge in [0.15, 0.2) is 5.65 Å². The van der Waals surface area contributed by atoms with Crippen LogP contribution in [0.5, 0.6) is 0 Å². The zero-order valence-electron chi connectivity index (χ0n) is 32.4. The third kappa shape index (κ3) is 10.0. The van der Waals surface area contributed by atoms with Gasteiger partial charge in [-0.2, -0.15) is 5.10 Å². The lowest BCUT2D eigenvalue weighted by Gasteiger charge is -2.35. The number of hydrogen-bond acceptors (Lipinski definition) is 8. The summed E-state index contributed by atoms with van der Waals surface area (Å²) in [5, 5.41) is 15.3. The molecule has 11 nitrogen and oxygen atoms in total. The third-order valence-corrected chi connectivity index (χ3v) is 10.9. The molecule has 6 rings (SSSR count). The highest BCUT2D eigenvalue weighted by atomic mass is 19.1. The SMILES string of the molecule is CCc1nc2c(cnn2CC)c(NC2CCOCC2)c1CNC(=O)CCCC(=O)NCc1ccc(F)c(-c2cccc(CN(C)C3CCN(C)CC3)c2)c1. The Bertz CT molecular complexity index is 1880. The monoisotopic (exact) mass is 740 g/mol. The van der Waals surface area contributed by atoms with Gasteiger partial charge in [-0.05, 0) is 108 Å². The molecule has 12 heteroatoms. The van der Waals surface area contributed by atoms with Crippen LogP contribution in [-0.4, -0.2) is 88.9 Å². The predicted octanol–water partition coefficient (Wildman–Crippen LogP) is 6.04. The van der Waals surface area contributed by atoms with Gasteiger partial charge in [0.2, 0.25) is 11.8 Å². The van der Waals surface area contributed by atoms with Gasteiger partial charge >= 0.3 is 0 Å². The van der Waals surface area contributed by atoms with Crippen molar-refractivity contribution < 1.29 is 18.7 Å². The number of nitrogens with one attached hydrogen (secondary N) is 3. The lowest BCUT2D eigenvalue weighted by atomic mass is 9.99. The molecule has 54 heavy (non-hydrogen) atoms. The van der Waals surface area contributed by atoms with E-state index in [1.54, 1.807) is 6.07 Å². The minimum atomic E-state index is -0.291. The maximum atomic E-state index is 15.1. The van der Waals surface area contributed by atoms with E-state index < -0.39 is 0 Å². The molecule has 2 aliphatic rings. The first-order valence-electron chi connectivity index (χ1n) is 19.7. The second-order valence-electron chi connectivity index (χ2n) is 14.9. The number of ether oxygens (including phenoxy) is 1. The quantitative estimate of drug-likeness (QED) is 0.127. The lowest BCUT2D eigenvalue weighted by Crippen LogP contribution is -2.41. The first-order valence-corrected chi connectivity index (χ1v) is 19.7. The Morgan fingerprint density at radius 1 is 0.963 bits per heavy atom. The van der Waals surface area contributed by atoms with Crippen LogP contribution in [0.25, 0.3) is 22.2 Å². The Hall–Kier alpha value is -4.39. The van der Waals surface area contributed by atoms with E-state index in [1.165, 1.54) is 6.07 Å². The average molecular weight is 741 g/mol. The Labute approximate surface area is 319 Å². The highest BCUT2D eigenvalue weighted by Crippen LogP contribution is 2.31. The van der Waals surface area contributed by atoms with Crippen molar-refractivity contribution in [3.63, 3.8) is 0 Å². The number of hydrogen-bond donors (Lipinski definition) is 3. The number of piperidine rings is 1. The normalized spacial score (nSPS) is 15.9. The number of pyridine rings is 1. The first-order chi connectivity index (χ1) is 26.2. The molecule has 2 amide bonds. The second-order valence-corrected chi connectivity index (χ2v) is 14.9. The molecule has 290 valence electrons. The summed E-state index contributed by atoms with van der Waals surface area (Å²) in [6.07, 6.45) is 7.57. The number of aromatic nitrogens is 3. The van der Waals surface area contributed by atoms with Crippen molar-refractivity contribution in [2.45, 2.75) is 103 Å². The molecule has 2 aliphatic heterocycles. The topological polar surface area (TPSA) is 117 Å². The molecule has 2 aromatic heterocycles. The molecular weight excluding hydrogens is 684 g/mol. The minimum Gasteiger partial charge on any atom is -0.381 e. The number of halogens is 1. The fourth-order valence-electron chi connectivity index (χ4n) is 7.67. The molecule has 0 bridgehead atoms. The molecule has 0 spiro atoms. The summed E-state index contributed by atoms with van der Waals surface area (Å²) in [6, 6.07) is 13.9. The molecule has 0 saturated carbocycles. The Morgan fingerprint density at radius 3 is 2.43 bits per heavy atom. The third-order valence-electron chi connectivity index (χ3n) is 10.9. The first kappa shape index (κ1) is 39.3. The van der Waals surface area contributed by atoms with Gasteiger partial charge in [0, 0.05) is 81.1 Å². The van der Waals surface area contributed by atoms with Crippen LogP contribution in [0.2, 0.25) is 0 Å². The van der Waals surface area contributed by atoms with E-state index in [0.717, 1.165) is 116 Å². The van der Waals surface area contributed by atoms with Crippen molar-refractivity contribution in [2.75, 3.05) is 45.7 Å². The smallest absolute Gasteiger partial charge is 0.220 e. The van der Waals surface area contributed by atoms with Crippen LogP contribution in [-0.2, 0) is 46.9 Å². The molecular formula is C42H57FN8O3. The van der Waals surface area contributed by atoms with Crippen LogP contribution >= 0.6 is 0 Å². The van der Waals surface area contributed by atoms with Gasteiger partial charge in [-0.1, -0.05) is 31.2 Å². The van der Waals surface area contributed by atoms with Crippen LogP contribution in [0.1, 0.15) is 81.2 Å². The molecule has 4 heterocycles. The van der Waals surface area contributed by atoms with Crippen molar-refractivity contribution in [3.05, 3.63) is 76.9 Å². The maximum absolute atomic E-state index is 15.1. The largest absolute Gasteiger partial charge is 0.381 e. The van der Waals surface area contributed by atoms with Crippen LogP contribution in [0.3, 0.4) is 0 Å². The predicted molar refractivity (Wildman–Crippen MR) is 211 cm³/mol. The van der Waals surface area contributed by atoms with Crippen LogP contribution in [0.15, 0.2) is 48.7 Å². The summed E-state index contributed by atoms with van der Waals surface area (Å²) in [5.74, 6) is -0.554. The highest BCUT2D eigenvalue weighted by molar-refractivity contribution is 5.92. The summed E-state index contributed by atoms with van der Waals surface area (Å²) in [4.78, 5) is 35.6. The number of likely N-dealkylation sites (tertiary alicyclic amines) is 1. The second kappa shape index (κ2) is 18.8. The summed E-state index contributed by atoms with van der Waals surface area (Å²) in [5.41, 5.74) is 7.04. The fraction of sp³-hybridized carbons (Fsp3) is 0.524. The fourth-order valence-corrected chi connectivity index (χ4v) is 7.67. The molecule has 2 aromatic carbocycles. The van der Waals surface area contributed by atoms with Gasteiger partial charge in [-0.15, -0.1) is 0 Å². The number of aryl methyl sites for hydroxylation is 2. The van der Waals surface area contributed by atoms with Crippen molar-refractivity contribution in [2.24, 2.45) is 0 Å². The van der Waals surface area contributed by atoms with E-state index in [0.29, 0.717) is 24.6 Å². The number of rotatable bonds is 16. The van der Waals surface area contributed by atoms with Gasteiger partial charge in [0.05, 0.1) is 17.3 Å². The molecule has 2 saturated heterocycles. The van der Waals surface area contributed by atoms with Gasteiger partial charge < -0.3 is 25.6 Å². The molecule has 4 aromatic rings. The van der Waals surface area contributed by atoms with Crippen molar-refractivity contribution in [3.8, 4) is 11.1 Å². The zero-order valence-corrected chi connectivity index (χ0v) is 32.4. The lowest BCUT2D eigenvalue weighted by molar-refractivity contribution is -0.122. The number of fused-ring (bicyclic) bond motifs is 1. The molecule has 0 unspecified atom stereocenters. The molecule has 2 fully saturated rings. The van der Waals surface area contributed by atoms with Crippen molar-refractivity contribution in [1.29, 1.82) is 0 Å². The Kier molecular flexibility index (Phi) is 13.7. The summed E-state index contributed by atoms with van der Waals surface area (Å²) in [6.45, 7) is 9.93. The van der Waals surface area contributed by atoms with E-state index in [1.807, 2.05) is 29.1 Å². The van der Waals surface area contributed by atoms with Crippen molar-refractivity contribution in [1.82, 2.24) is 35.2 Å². The zero-order chi connectivity index (χ0) is 38.0. The standard InChI is InChI=1S/C42H57FN8O3/c1-5-38-35(41(47-32-17-21-54-22-18-32)36-27-46-51(6-2)42(36)48-38)26-45-40(53)12-8-11-39(52)44-25-29-13-14-37(43)34(24-29)31-10-7-9-30(23-31)28-50(4)33-15-19-49(3)20-16-33/h7,9-10,13-14,23-24,27,32-33H,5-6,8,11-12,15-22,25-26,28H2,1-4H3,(H,44,52)(H,45,53)(H,47,48). The number of amides is 2. The average Bonchev–Trinajstić information content (AvgIpc) is 3.60. The van der Waals surface area contributed by atoms with Crippen LogP contribution in [0.4, 0.5) is 10.1 Å². The summed E-state index contributed by atoms with van der Waals surface area (Å²) < 4.78 is 22.6. The van der Waals surface area contributed by atoms with Gasteiger partial charge in [0.1, 0.15) is 5.82 Å². The molecule has 0 atom stereocenters. The Balaban J connectivity index is 0.998. The minimum absolute atomic E-state index is 0.117. The van der Waals surface area contributed by atoms with Crippen LogP contribution < -0.4 is 16.0 Å². The summed E-state index contributed by atoms with van der Waals surface area (Å²) >= 11 is 0. The number of benzene rings is 2. The van der Waals surface area contributed by atoms with E-state index in [-0.39, 0.29) is 43.1 Å². The number of carbonyl (C=O) groups excluding carboxylic acids is 2. The summed E-state index contributed by atoms with van der Waals surface area (Å²) in [7, 11) is 4.34. The van der Waals surface area contributed by atoms with Crippen LogP contribution in [0, 0.1) is 5.82 Å². The van der Waals surface area contributed by atoms with Gasteiger partial charge in [0.25, 0.3) is 0 Å². The maximum Gasteiger partial charge on any atom is 0.220 e. The highest BCUT2D eigenvalue weighted by Gasteiger charge is 2.23. The van der Waals surface area contributed by atoms with Crippen molar-refractivity contribution >= 4 is 28.5 Å². The van der Waals surface area contributed by atoms with E-state index >= 15 is 4.39 Å². The van der Waals surface area contributed by atoms with E-state index in [9.17, 15) is 9.59 Å². The van der Waals surface area contributed by atoms with Gasteiger partial charge in [-0.3, -0.25) is 14.5 Å². The molecule has 3 N–H and O–H groups in total. The number of carbonyl (C=O) groups is 2. The Morgan fingerprint density at radius 2 is 1.70 bits per heavy atom. The number of nitrogens with zero attached hydrogens (tertiary/aromatic N) is 5. The molecule has 0 aliphatic carbocycles. The van der Waals surface area contributed by atoms with E-state index in [4.69, 9.17) is 9.72 Å². The van der Waals surface area contributed by atoms with Gasteiger partial charge in [-0.25, -0.2) is 14.1 Å². The molecule has 0 radical (unpaired) electrons. The van der Waals surface area contributed by atoms with E-state index in [2.05, 4.69) is 70.9 Å². The number of anilines is 1.